The summed E-state index contributed by atoms with van der Waals surface area (Å²) >= 11 is 0. The lowest BCUT2D eigenvalue weighted by molar-refractivity contribution is -0.159. The first kappa shape index (κ1) is 30.1. The largest absolute Gasteiger partial charge is 0.477 e. The molecule has 6 rings (SSSR count). The van der Waals surface area contributed by atoms with Crippen LogP contribution in [-0.2, 0) is 30.7 Å². The predicted molar refractivity (Wildman–Crippen MR) is 165 cm³/mol. The molecule has 5 aliphatic rings. The van der Waals surface area contributed by atoms with Crippen LogP contribution in [0.3, 0.4) is 0 Å². The zero-order valence-electron chi connectivity index (χ0n) is 25.6. The molecule has 0 spiro atoms. The lowest BCUT2D eigenvalue weighted by Gasteiger charge is -2.46. The minimum atomic E-state index is -3.57. The van der Waals surface area contributed by atoms with E-state index in [0.717, 1.165) is 77.0 Å². The molecule has 0 saturated heterocycles. The molecule has 1 aliphatic heterocycles. The second kappa shape index (κ2) is 12.2. The van der Waals surface area contributed by atoms with Gasteiger partial charge in [-0.3, -0.25) is 0 Å². The highest BCUT2D eigenvalue weighted by atomic mass is 32.2. The highest BCUT2D eigenvalue weighted by Crippen LogP contribution is 2.67. The van der Waals surface area contributed by atoms with Crippen molar-refractivity contribution in [3.63, 3.8) is 0 Å². The van der Waals surface area contributed by atoms with Gasteiger partial charge in [-0.15, -0.1) is 0 Å². The number of hydrogen-bond donors (Lipinski definition) is 0. The number of hydrogen-bond acceptors (Lipinski definition) is 6. The van der Waals surface area contributed by atoms with Crippen LogP contribution in [0.25, 0.3) is 0 Å². The smallest absolute Gasteiger partial charge is 0.335 e. The van der Waals surface area contributed by atoms with E-state index in [1.54, 1.807) is 0 Å². The number of aliphatic imine (C=N–C) groups is 1. The maximum atomic E-state index is 14.7. The molecule has 232 valence electrons. The number of carbonyl (C=O) groups is 1. The van der Waals surface area contributed by atoms with Gasteiger partial charge in [0, 0.05) is 17.5 Å². The summed E-state index contributed by atoms with van der Waals surface area (Å²) in [5.41, 5.74) is 0.383. The standard InChI is InChI=1S/C34H50N2O5S/c1-33(2)26-20-21-34(33,23-42(38,39)36(27-14-8-4-9-15-27)28-16-10-5-11-17-28)30(22-26)41-32(37)31-29(40-24-35-31)19-18-25-12-6-3-7-13-25/h3,6-7,12-13,24,26-31H,4-5,8-11,14-23H2,1-2H3/t26-,29-,30-,31+,34-/m1/s1. The summed E-state index contributed by atoms with van der Waals surface area (Å²) < 4.78 is 43.4. The van der Waals surface area contributed by atoms with Gasteiger partial charge in [0.1, 0.15) is 12.2 Å². The highest BCUT2D eigenvalue weighted by molar-refractivity contribution is 7.89. The van der Waals surface area contributed by atoms with E-state index in [0.29, 0.717) is 12.3 Å². The monoisotopic (exact) mass is 598 g/mol. The van der Waals surface area contributed by atoms with Crippen LogP contribution >= 0.6 is 0 Å². The molecular formula is C34H50N2O5S. The molecule has 0 amide bonds. The number of nitrogens with zero attached hydrogens (tertiary/aromatic N) is 2. The maximum absolute atomic E-state index is 14.7. The average molecular weight is 599 g/mol. The second-order valence-corrected chi connectivity index (χ2v) is 16.2. The third-order valence-corrected chi connectivity index (χ3v) is 14.0. The van der Waals surface area contributed by atoms with Gasteiger partial charge in [-0.2, -0.15) is 4.31 Å². The Morgan fingerprint density at radius 1 is 0.976 bits per heavy atom. The molecule has 42 heavy (non-hydrogen) atoms. The van der Waals surface area contributed by atoms with Crippen LogP contribution in [0.1, 0.15) is 109 Å². The molecule has 4 fully saturated rings. The Morgan fingerprint density at radius 2 is 1.62 bits per heavy atom. The van der Waals surface area contributed by atoms with Crippen molar-refractivity contribution < 1.29 is 22.7 Å². The Morgan fingerprint density at radius 3 is 2.24 bits per heavy atom. The Bertz CT molecular complexity index is 1200. The van der Waals surface area contributed by atoms with Gasteiger partial charge in [-0.25, -0.2) is 18.2 Å². The third kappa shape index (κ3) is 5.67. The van der Waals surface area contributed by atoms with Gasteiger partial charge in [-0.05, 0) is 74.7 Å². The molecule has 0 radical (unpaired) electrons. The first-order valence-electron chi connectivity index (χ1n) is 16.6. The molecular weight excluding hydrogens is 548 g/mol. The van der Waals surface area contributed by atoms with Gasteiger partial charge in [0.25, 0.3) is 0 Å². The summed E-state index contributed by atoms with van der Waals surface area (Å²) in [4.78, 5) is 18.0. The van der Waals surface area contributed by atoms with Gasteiger partial charge < -0.3 is 9.47 Å². The topological polar surface area (TPSA) is 85.3 Å². The lowest BCUT2D eigenvalue weighted by Crippen LogP contribution is -2.55. The fraction of sp³-hybridized carbons (Fsp3) is 0.765. The SMILES string of the molecule is CC1(C)[C@@H]2CC[C@@]1(CS(=O)(=O)N(C1CCCCC1)C1CCCCC1)[C@H](OC(=O)[C@H]1N=CO[C@@H]1CCc1ccccc1)C2. The number of aryl methyl sites for hydroxylation is 1. The normalized spacial score (nSPS) is 33.2. The summed E-state index contributed by atoms with van der Waals surface area (Å²) in [6.45, 7) is 4.44. The fourth-order valence-electron chi connectivity index (χ4n) is 9.28. The molecule has 0 N–H and O–H groups in total. The van der Waals surface area contributed by atoms with Crippen molar-refractivity contribution in [2.75, 3.05) is 5.75 Å². The maximum Gasteiger partial charge on any atom is 0.335 e. The third-order valence-electron chi connectivity index (χ3n) is 11.9. The first-order valence-corrected chi connectivity index (χ1v) is 18.2. The molecule has 1 heterocycles. The molecule has 2 bridgehead atoms. The van der Waals surface area contributed by atoms with Gasteiger partial charge in [-0.1, -0.05) is 82.7 Å². The highest BCUT2D eigenvalue weighted by Gasteiger charge is 2.67. The first-order chi connectivity index (χ1) is 20.2. The summed E-state index contributed by atoms with van der Waals surface area (Å²) in [6.07, 6.45) is 15.3. The summed E-state index contributed by atoms with van der Waals surface area (Å²) in [5, 5.41) is 0. The van der Waals surface area contributed by atoms with Gasteiger partial charge >= 0.3 is 5.97 Å². The van der Waals surface area contributed by atoms with E-state index in [9.17, 15) is 13.2 Å². The summed E-state index contributed by atoms with van der Waals surface area (Å²) in [5.74, 6) is 0.0555. The molecule has 7 nitrogen and oxygen atoms in total. The molecule has 8 heteroatoms. The lowest BCUT2D eigenvalue weighted by atomic mass is 9.69. The van der Waals surface area contributed by atoms with Crippen molar-refractivity contribution in [2.45, 2.75) is 140 Å². The number of ether oxygens (including phenoxy) is 2. The summed E-state index contributed by atoms with van der Waals surface area (Å²) in [7, 11) is -3.57. The second-order valence-electron chi connectivity index (χ2n) is 14.3. The van der Waals surface area contributed by atoms with Crippen LogP contribution in [0.5, 0.6) is 0 Å². The van der Waals surface area contributed by atoms with Gasteiger partial charge in [0.05, 0.1) is 5.75 Å². The van der Waals surface area contributed by atoms with E-state index in [1.807, 2.05) is 22.5 Å². The van der Waals surface area contributed by atoms with Crippen molar-refractivity contribution in [1.29, 1.82) is 0 Å². The van der Waals surface area contributed by atoms with Gasteiger partial charge in [0.15, 0.2) is 12.4 Å². The molecule has 1 aromatic carbocycles. The Balaban J connectivity index is 1.20. The summed E-state index contributed by atoms with van der Waals surface area (Å²) in [6, 6.07) is 9.70. The van der Waals surface area contributed by atoms with Gasteiger partial charge in [0.2, 0.25) is 10.0 Å². The zero-order chi connectivity index (χ0) is 29.4. The van der Waals surface area contributed by atoms with Crippen molar-refractivity contribution in [3.05, 3.63) is 35.9 Å². The molecule has 1 aromatic rings. The zero-order valence-corrected chi connectivity index (χ0v) is 26.4. The van der Waals surface area contributed by atoms with Crippen molar-refractivity contribution in [3.8, 4) is 0 Å². The number of sulfonamides is 1. The van der Waals surface area contributed by atoms with E-state index in [1.165, 1.54) is 24.8 Å². The van der Waals surface area contributed by atoms with Crippen LogP contribution in [0.4, 0.5) is 0 Å². The Hall–Kier alpha value is -1.93. The number of rotatable bonds is 10. The average Bonchev–Trinajstić information content (AvgIpc) is 3.61. The van der Waals surface area contributed by atoms with E-state index in [2.05, 4.69) is 31.0 Å². The van der Waals surface area contributed by atoms with E-state index in [4.69, 9.17) is 9.47 Å². The van der Waals surface area contributed by atoms with E-state index < -0.39 is 27.6 Å². The predicted octanol–water partition coefficient (Wildman–Crippen LogP) is 6.45. The number of benzene rings is 1. The van der Waals surface area contributed by atoms with Crippen molar-refractivity contribution in [1.82, 2.24) is 4.31 Å². The number of carbonyl (C=O) groups excluding carboxylic acids is 1. The molecule has 4 aliphatic carbocycles. The van der Waals surface area contributed by atoms with Crippen LogP contribution in [0.2, 0.25) is 0 Å². The Labute approximate surface area is 252 Å². The fourth-order valence-corrected chi connectivity index (χ4v) is 12.1. The Kier molecular flexibility index (Phi) is 8.76. The molecule has 0 unspecified atom stereocenters. The van der Waals surface area contributed by atoms with Crippen LogP contribution < -0.4 is 0 Å². The molecule has 0 aromatic heterocycles. The van der Waals surface area contributed by atoms with Crippen molar-refractivity contribution in [2.24, 2.45) is 21.7 Å². The van der Waals surface area contributed by atoms with Crippen LogP contribution in [0.15, 0.2) is 35.3 Å². The minimum absolute atomic E-state index is 0.0797. The quantitative estimate of drug-likeness (QED) is 0.289. The minimum Gasteiger partial charge on any atom is -0.477 e. The number of fused-ring (bicyclic) bond motifs is 2. The van der Waals surface area contributed by atoms with Crippen LogP contribution in [0, 0.1) is 16.7 Å². The van der Waals surface area contributed by atoms with Crippen LogP contribution in [-0.4, -0.2) is 61.2 Å². The van der Waals surface area contributed by atoms with E-state index in [-0.39, 0.29) is 35.3 Å². The molecule has 5 atom stereocenters. The number of esters is 1. The van der Waals surface area contributed by atoms with Crippen molar-refractivity contribution >= 4 is 22.4 Å². The van der Waals surface area contributed by atoms with E-state index >= 15 is 0 Å². The molecule has 4 saturated carbocycles.